The van der Waals surface area contributed by atoms with Crippen LogP contribution in [0, 0.1) is 5.92 Å². The van der Waals surface area contributed by atoms with Gasteiger partial charge in [-0.25, -0.2) is 4.39 Å². The summed E-state index contributed by atoms with van der Waals surface area (Å²) < 4.78 is 14.3. The summed E-state index contributed by atoms with van der Waals surface area (Å²) >= 11 is 0. The lowest BCUT2D eigenvalue weighted by Gasteiger charge is -2.21. The summed E-state index contributed by atoms with van der Waals surface area (Å²) in [5.41, 5.74) is 0.689. The van der Waals surface area contributed by atoms with Crippen LogP contribution in [0.1, 0.15) is 31.9 Å². The van der Waals surface area contributed by atoms with Crippen LogP contribution in [0.25, 0.3) is 0 Å². The number of halogens is 1. The number of hydrogen-bond acceptors (Lipinski definition) is 1. The minimum Gasteiger partial charge on any atom is -0.316 e. The average molecular weight is 223 g/mol. The molecule has 0 bridgehead atoms. The molecule has 0 heterocycles. The molecule has 0 aliphatic carbocycles. The molecule has 16 heavy (non-hydrogen) atoms. The van der Waals surface area contributed by atoms with Gasteiger partial charge < -0.3 is 5.32 Å². The van der Waals surface area contributed by atoms with Gasteiger partial charge in [-0.3, -0.25) is 0 Å². The fourth-order valence-electron chi connectivity index (χ4n) is 1.93. The van der Waals surface area contributed by atoms with Gasteiger partial charge in [0.05, 0.1) is 0 Å². The van der Waals surface area contributed by atoms with E-state index in [2.05, 4.69) is 25.2 Å². The molecule has 1 aromatic carbocycles. The third-order valence-electron chi connectivity index (χ3n) is 2.68. The van der Waals surface area contributed by atoms with Crippen molar-refractivity contribution in [3.63, 3.8) is 0 Å². The molecular weight excluding hydrogens is 201 g/mol. The maximum absolute atomic E-state index is 14.3. The van der Waals surface area contributed by atoms with Crippen LogP contribution in [0.4, 0.5) is 4.39 Å². The first-order valence-electron chi connectivity index (χ1n) is 5.88. The van der Waals surface area contributed by atoms with Crippen molar-refractivity contribution >= 4 is 0 Å². The Morgan fingerprint density at radius 2 is 2.06 bits per heavy atom. The van der Waals surface area contributed by atoms with Gasteiger partial charge in [0.25, 0.3) is 0 Å². The van der Waals surface area contributed by atoms with Crippen LogP contribution in [-0.4, -0.2) is 13.6 Å². The molecule has 0 amide bonds. The van der Waals surface area contributed by atoms with Gasteiger partial charge >= 0.3 is 0 Å². The molecule has 1 nitrogen and oxygen atoms in total. The second-order valence-electron chi connectivity index (χ2n) is 5.03. The Balaban J connectivity index is 2.89. The molecule has 1 unspecified atom stereocenters. The molecule has 0 spiro atoms. The lowest BCUT2D eigenvalue weighted by atomic mass is 9.93. The van der Waals surface area contributed by atoms with Crippen LogP contribution >= 0.6 is 0 Å². The van der Waals surface area contributed by atoms with Crippen LogP contribution in [-0.2, 0) is 12.1 Å². The van der Waals surface area contributed by atoms with Crippen LogP contribution in [0.5, 0.6) is 0 Å². The van der Waals surface area contributed by atoms with Gasteiger partial charge in [-0.2, -0.15) is 0 Å². The Labute approximate surface area is 98.1 Å². The van der Waals surface area contributed by atoms with Gasteiger partial charge in [0.2, 0.25) is 0 Å². The molecule has 0 aromatic heterocycles. The van der Waals surface area contributed by atoms with E-state index in [1.165, 1.54) is 5.56 Å². The average Bonchev–Trinajstić information content (AvgIpc) is 2.17. The fraction of sp³-hybridized carbons (Fsp3) is 0.571. The van der Waals surface area contributed by atoms with E-state index in [1.807, 2.05) is 18.2 Å². The predicted octanol–water partition coefficient (Wildman–Crippen LogP) is 3.29. The van der Waals surface area contributed by atoms with E-state index >= 15 is 0 Å². The van der Waals surface area contributed by atoms with Crippen molar-refractivity contribution < 1.29 is 4.39 Å². The molecule has 1 aromatic rings. The highest BCUT2D eigenvalue weighted by atomic mass is 19.1. The normalized spacial score (nSPS) is 15.1. The molecule has 1 atom stereocenters. The molecule has 0 aliphatic rings. The zero-order chi connectivity index (χ0) is 12.2. The van der Waals surface area contributed by atoms with E-state index in [9.17, 15) is 4.39 Å². The van der Waals surface area contributed by atoms with Crippen molar-refractivity contribution in [2.24, 2.45) is 5.92 Å². The van der Waals surface area contributed by atoms with Crippen molar-refractivity contribution in [3.05, 3.63) is 35.4 Å². The first-order chi connectivity index (χ1) is 7.45. The standard InChI is InChI=1S/C14H22FN/c1-11(2)8-12-6-5-7-13(9-12)14(3,15)10-16-4/h5-7,9,11,16H,8,10H2,1-4H3. The summed E-state index contributed by atoms with van der Waals surface area (Å²) in [5, 5.41) is 2.89. The van der Waals surface area contributed by atoms with Crippen molar-refractivity contribution in [2.75, 3.05) is 13.6 Å². The second kappa shape index (κ2) is 5.44. The second-order valence-corrected chi connectivity index (χ2v) is 5.03. The quantitative estimate of drug-likeness (QED) is 0.807. The maximum atomic E-state index is 14.3. The van der Waals surface area contributed by atoms with Gasteiger partial charge in [-0.15, -0.1) is 0 Å². The largest absolute Gasteiger partial charge is 0.316 e. The summed E-state index contributed by atoms with van der Waals surface area (Å²) in [5.74, 6) is 0.602. The minimum absolute atomic E-state index is 0.345. The molecule has 0 aliphatic heterocycles. The lowest BCUT2D eigenvalue weighted by Crippen LogP contribution is -2.29. The molecule has 90 valence electrons. The lowest BCUT2D eigenvalue weighted by molar-refractivity contribution is 0.190. The van der Waals surface area contributed by atoms with Crippen molar-refractivity contribution in [1.29, 1.82) is 0 Å². The predicted molar refractivity (Wildman–Crippen MR) is 67.4 cm³/mol. The first kappa shape index (κ1) is 13.2. The topological polar surface area (TPSA) is 12.0 Å². The molecule has 0 saturated carbocycles. The Kier molecular flexibility index (Phi) is 4.48. The number of nitrogens with one attached hydrogen (secondary N) is 1. The molecular formula is C14H22FN. The van der Waals surface area contributed by atoms with E-state index in [0.717, 1.165) is 12.0 Å². The molecule has 0 radical (unpaired) electrons. The van der Waals surface area contributed by atoms with Crippen LogP contribution in [0.15, 0.2) is 24.3 Å². The monoisotopic (exact) mass is 223 g/mol. The summed E-state index contributed by atoms with van der Waals surface area (Å²) in [4.78, 5) is 0. The Morgan fingerprint density at radius 3 is 2.62 bits per heavy atom. The molecule has 1 rings (SSSR count). The Morgan fingerprint density at radius 1 is 1.38 bits per heavy atom. The van der Waals surface area contributed by atoms with Crippen LogP contribution < -0.4 is 5.32 Å². The van der Waals surface area contributed by atoms with Gasteiger partial charge in [0.15, 0.2) is 0 Å². The third-order valence-corrected chi connectivity index (χ3v) is 2.68. The highest BCUT2D eigenvalue weighted by Gasteiger charge is 2.24. The van der Waals surface area contributed by atoms with E-state index in [1.54, 1.807) is 14.0 Å². The summed E-state index contributed by atoms with van der Waals surface area (Å²) in [6.07, 6.45) is 1.00. The highest BCUT2D eigenvalue weighted by molar-refractivity contribution is 5.28. The smallest absolute Gasteiger partial charge is 0.145 e. The third kappa shape index (κ3) is 3.60. The zero-order valence-electron chi connectivity index (χ0n) is 10.7. The van der Waals surface area contributed by atoms with Gasteiger partial charge in [0, 0.05) is 6.54 Å². The van der Waals surface area contributed by atoms with Crippen LogP contribution in [0.2, 0.25) is 0 Å². The number of hydrogen-bond donors (Lipinski definition) is 1. The van der Waals surface area contributed by atoms with Gasteiger partial charge in [-0.05, 0) is 37.4 Å². The Hall–Kier alpha value is -0.890. The van der Waals surface area contributed by atoms with E-state index in [-0.39, 0.29) is 0 Å². The van der Waals surface area contributed by atoms with Crippen molar-refractivity contribution in [2.45, 2.75) is 32.9 Å². The van der Waals surface area contributed by atoms with Gasteiger partial charge in [0.1, 0.15) is 5.67 Å². The number of benzene rings is 1. The fourth-order valence-corrected chi connectivity index (χ4v) is 1.93. The first-order valence-corrected chi connectivity index (χ1v) is 5.88. The summed E-state index contributed by atoms with van der Waals surface area (Å²) in [7, 11) is 1.77. The SMILES string of the molecule is CNCC(C)(F)c1cccc(CC(C)C)c1. The van der Waals surface area contributed by atoms with E-state index < -0.39 is 5.67 Å². The summed E-state index contributed by atoms with van der Waals surface area (Å²) in [6.45, 7) is 6.32. The highest BCUT2D eigenvalue weighted by Crippen LogP contribution is 2.25. The molecule has 1 N–H and O–H groups in total. The number of rotatable bonds is 5. The Bertz CT molecular complexity index is 331. The molecule has 0 fully saturated rings. The van der Waals surface area contributed by atoms with Gasteiger partial charge in [-0.1, -0.05) is 38.1 Å². The van der Waals surface area contributed by atoms with E-state index in [4.69, 9.17) is 0 Å². The summed E-state index contributed by atoms with van der Waals surface area (Å²) in [6, 6.07) is 7.86. The number of alkyl halides is 1. The maximum Gasteiger partial charge on any atom is 0.145 e. The minimum atomic E-state index is -1.29. The molecule has 0 saturated heterocycles. The van der Waals surface area contributed by atoms with Crippen molar-refractivity contribution in [3.8, 4) is 0 Å². The van der Waals surface area contributed by atoms with Crippen molar-refractivity contribution in [1.82, 2.24) is 5.32 Å². The zero-order valence-corrected chi connectivity index (χ0v) is 10.7. The molecule has 2 heteroatoms. The number of likely N-dealkylation sites (N-methyl/N-ethyl adjacent to an activating group) is 1. The van der Waals surface area contributed by atoms with E-state index in [0.29, 0.717) is 12.5 Å². The van der Waals surface area contributed by atoms with Crippen LogP contribution in [0.3, 0.4) is 0 Å².